The summed E-state index contributed by atoms with van der Waals surface area (Å²) in [6, 6.07) is 17.1. The lowest BCUT2D eigenvalue weighted by Crippen LogP contribution is -2.41. The number of pyridine rings is 1. The maximum absolute atomic E-state index is 12.9. The summed E-state index contributed by atoms with van der Waals surface area (Å²) in [5.74, 6) is 0.121. The number of carbonyl (C=O) groups excluding carboxylic acids is 2. The fraction of sp³-hybridized carbons (Fsp3) is 0.370. The second-order valence-electron chi connectivity index (χ2n) is 8.97. The van der Waals surface area contributed by atoms with Gasteiger partial charge in [0.05, 0.1) is 5.52 Å². The number of benzene rings is 2. The van der Waals surface area contributed by atoms with Crippen LogP contribution in [0, 0.1) is 12.8 Å². The lowest BCUT2D eigenvalue weighted by atomic mass is 9.91. The molecular formula is C27H31N3O4. The Morgan fingerprint density at radius 3 is 2.62 bits per heavy atom. The van der Waals surface area contributed by atoms with E-state index in [1.807, 2.05) is 37.3 Å². The number of ether oxygens (including phenoxy) is 1. The van der Waals surface area contributed by atoms with Crippen LogP contribution < -0.4 is 15.5 Å². The van der Waals surface area contributed by atoms with Gasteiger partial charge in [-0.15, -0.1) is 0 Å². The SMILES string of the molecule is Cc1cc(COc2ccc(C(=O)N[C@@H]3CCCCC[C@H]3CC(=O)NO)cc2)c2ccccc2n1. The van der Waals surface area contributed by atoms with E-state index in [2.05, 4.69) is 10.3 Å². The molecule has 1 aliphatic carbocycles. The van der Waals surface area contributed by atoms with Crippen molar-refractivity contribution < 1.29 is 19.5 Å². The molecule has 1 fully saturated rings. The first-order valence-corrected chi connectivity index (χ1v) is 11.9. The van der Waals surface area contributed by atoms with Gasteiger partial charge in [0, 0.05) is 34.7 Å². The standard InChI is InChI=1S/C27H31N3O4/c1-18-15-21(23-8-5-6-10-25(23)28-18)17-34-22-13-11-19(12-14-22)27(32)29-24-9-4-2-3-7-20(24)16-26(31)30-33/h5-6,8,10-15,20,24,33H,2-4,7,9,16-17H2,1H3,(H,29,32)(H,30,31)/t20-,24+/m0/s1. The third kappa shape index (κ3) is 5.91. The Morgan fingerprint density at radius 1 is 1.06 bits per heavy atom. The minimum absolute atomic E-state index is 0.0137. The minimum atomic E-state index is -0.412. The summed E-state index contributed by atoms with van der Waals surface area (Å²) >= 11 is 0. The highest BCUT2D eigenvalue weighted by Crippen LogP contribution is 2.27. The number of hydroxylamine groups is 1. The van der Waals surface area contributed by atoms with Gasteiger partial charge >= 0.3 is 0 Å². The number of amides is 2. The number of para-hydroxylation sites is 1. The highest BCUT2D eigenvalue weighted by molar-refractivity contribution is 5.94. The summed E-state index contributed by atoms with van der Waals surface area (Å²) < 4.78 is 6.00. The molecule has 3 N–H and O–H groups in total. The van der Waals surface area contributed by atoms with Gasteiger partial charge in [0.1, 0.15) is 12.4 Å². The van der Waals surface area contributed by atoms with Gasteiger partial charge in [-0.25, -0.2) is 5.48 Å². The Kier molecular flexibility index (Phi) is 7.75. The van der Waals surface area contributed by atoms with Crippen LogP contribution in [0.5, 0.6) is 5.75 Å². The Bertz CT molecular complexity index is 1150. The molecule has 1 aromatic heterocycles. The van der Waals surface area contributed by atoms with Crippen molar-refractivity contribution in [2.75, 3.05) is 0 Å². The van der Waals surface area contributed by atoms with Crippen LogP contribution in [0.1, 0.15) is 60.1 Å². The summed E-state index contributed by atoms with van der Waals surface area (Å²) in [7, 11) is 0. The molecule has 0 spiro atoms. The molecule has 0 radical (unpaired) electrons. The van der Waals surface area contributed by atoms with Crippen molar-refractivity contribution in [1.82, 2.24) is 15.8 Å². The zero-order chi connectivity index (χ0) is 23.9. The number of aryl methyl sites for hydroxylation is 1. The third-order valence-electron chi connectivity index (χ3n) is 6.49. The number of fused-ring (bicyclic) bond motifs is 1. The highest BCUT2D eigenvalue weighted by atomic mass is 16.5. The van der Waals surface area contributed by atoms with E-state index in [-0.39, 0.29) is 24.3 Å². The second-order valence-corrected chi connectivity index (χ2v) is 8.97. The number of hydrogen-bond donors (Lipinski definition) is 3. The topological polar surface area (TPSA) is 101 Å². The molecule has 4 rings (SSSR count). The molecule has 0 saturated heterocycles. The molecule has 178 valence electrons. The number of carbonyl (C=O) groups is 2. The third-order valence-corrected chi connectivity index (χ3v) is 6.49. The molecule has 7 heteroatoms. The van der Waals surface area contributed by atoms with Crippen LogP contribution in [0.4, 0.5) is 0 Å². The number of hydrogen-bond acceptors (Lipinski definition) is 5. The smallest absolute Gasteiger partial charge is 0.251 e. The van der Waals surface area contributed by atoms with Gasteiger partial charge in [0.25, 0.3) is 5.91 Å². The molecule has 3 aromatic rings. The summed E-state index contributed by atoms with van der Waals surface area (Å²) in [4.78, 5) is 29.2. The van der Waals surface area contributed by atoms with Crippen molar-refractivity contribution in [3.63, 3.8) is 0 Å². The van der Waals surface area contributed by atoms with Gasteiger partial charge in [-0.05, 0) is 62.1 Å². The number of nitrogens with zero attached hydrogens (tertiary/aromatic N) is 1. The Hall–Kier alpha value is -3.45. The fourth-order valence-corrected chi connectivity index (χ4v) is 4.73. The number of nitrogens with one attached hydrogen (secondary N) is 2. The Labute approximate surface area is 199 Å². The van der Waals surface area contributed by atoms with E-state index in [1.54, 1.807) is 29.7 Å². The maximum Gasteiger partial charge on any atom is 0.251 e. The van der Waals surface area contributed by atoms with E-state index in [9.17, 15) is 9.59 Å². The molecule has 2 atom stereocenters. The normalized spacial score (nSPS) is 18.2. The maximum atomic E-state index is 12.9. The average Bonchev–Trinajstić information content (AvgIpc) is 3.07. The van der Waals surface area contributed by atoms with Crippen LogP contribution in [0.3, 0.4) is 0 Å². The van der Waals surface area contributed by atoms with Gasteiger partial charge in [0.15, 0.2) is 0 Å². The molecule has 1 saturated carbocycles. The summed E-state index contributed by atoms with van der Waals surface area (Å²) in [6.07, 6.45) is 5.01. The molecule has 7 nitrogen and oxygen atoms in total. The number of aromatic nitrogens is 1. The van der Waals surface area contributed by atoms with E-state index in [4.69, 9.17) is 9.94 Å². The van der Waals surface area contributed by atoms with Crippen LogP contribution in [0.15, 0.2) is 54.6 Å². The predicted octanol–water partition coefficient (Wildman–Crippen LogP) is 4.70. The molecule has 2 amide bonds. The summed E-state index contributed by atoms with van der Waals surface area (Å²) in [6.45, 7) is 2.38. The largest absolute Gasteiger partial charge is 0.489 e. The van der Waals surface area contributed by atoms with Crippen molar-refractivity contribution in [3.8, 4) is 5.75 Å². The molecule has 0 unspecified atom stereocenters. The number of rotatable bonds is 7. The van der Waals surface area contributed by atoms with Crippen LogP contribution >= 0.6 is 0 Å². The second kappa shape index (κ2) is 11.1. The first-order chi connectivity index (χ1) is 16.5. The minimum Gasteiger partial charge on any atom is -0.489 e. The molecule has 2 aromatic carbocycles. The summed E-state index contributed by atoms with van der Waals surface area (Å²) in [5, 5.41) is 13.1. The van der Waals surface area contributed by atoms with Gasteiger partial charge in [-0.3, -0.25) is 19.8 Å². The molecular weight excluding hydrogens is 430 g/mol. The van der Waals surface area contributed by atoms with Crippen molar-refractivity contribution in [2.24, 2.45) is 5.92 Å². The van der Waals surface area contributed by atoms with E-state index in [0.29, 0.717) is 17.9 Å². The predicted molar refractivity (Wildman–Crippen MR) is 130 cm³/mol. The van der Waals surface area contributed by atoms with E-state index >= 15 is 0 Å². The van der Waals surface area contributed by atoms with Gasteiger partial charge in [0.2, 0.25) is 5.91 Å². The first kappa shape index (κ1) is 23.7. The highest BCUT2D eigenvalue weighted by Gasteiger charge is 2.27. The van der Waals surface area contributed by atoms with Crippen LogP contribution in [-0.2, 0) is 11.4 Å². The monoisotopic (exact) mass is 461 g/mol. The fourth-order valence-electron chi connectivity index (χ4n) is 4.73. The van der Waals surface area contributed by atoms with Crippen molar-refractivity contribution >= 4 is 22.7 Å². The average molecular weight is 462 g/mol. The van der Waals surface area contributed by atoms with Crippen molar-refractivity contribution in [2.45, 2.75) is 58.1 Å². The van der Waals surface area contributed by atoms with Gasteiger partial charge in [-0.2, -0.15) is 0 Å². The van der Waals surface area contributed by atoms with E-state index < -0.39 is 5.91 Å². The van der Waals surface area contributed by atoms with Crippen LogP contribution in [0.25, 0.3) is 10.9 Å². The van der Waals surface area contributed by atoms with Crippen LogP contribution in [-0.4, -0.2) is 28.0 Å². The lowest BCUT2D eigenvalue weighted by Gasteiger charge is -2.25. The first-order valence-electron chi connectivity index (χ1n) is 11.9. The van der Waals surface area contributed by atoms with E-state index in [1.165, 1.54) is 0 Å². The lowest BCUT2D eigenvalue weighted by molar-refractivity contribution is -0.130. The molecule has 0 aliphatic heterocycles. The van der Waals surface area contributed by atoms with Crippen molar-refractivity contribution in [1.29, 1.82) is 0 Å². The van der Waals surface area contributed by atoms with Crippen LogP contribution in [0.2, 0.25) is 0 Å². The zero-order valence-electron chi connectivity index (χ0n) is 19.4. The zero-order valence-corrected chi connectivity index (χ0v) is 19.4. The summed E-state index contributed by atoms with van der Waals surface area (Å²) in [5.41, 5.74) is 5.21. The van der Waals surface area contributed by atoms with Gasteiger partial charge < -0.3 is 10.1 Å². The quantitative estimate of drug-likeness (QED) is 0.269. The van der Waals surface area contributed by atoms with Crippen molar-refractivity contribution in [3.05, 3.63) is 71.4 Å². The molecule has 1 aliphatic rings. The molecule has 1 heterocycles. The van der Waals surface area contributed by atoms with E-state index in [0.717, 1.165) is 54.3 Å². The Morgan fingerprint density at radius 2 is 1.82 bits per heavy atom. The molecule has 34 heavy (non-hydrogen) atoms. The molecule has 0 bridgehead atoms. The van der Waals surface area contributed by atoms with Gasteiger partial charge in [-0.1, -0.05) is 37.5 Å². The Balaban J connectivity index is 1.39.